The van der Waals surface area contributed by atoms with Gasteiger partial charge in [-0.25, -0.2) is 0 Å². The lowest BCUT2D eigenvalue weighted by Gasteiger charge is -2.58. The van der Waals surface area contributed by atoms with Gasteiger partial charge < -0.3 is 19.7 Å². The second-order valence-corrected chi connectivity index (χ2v) is 14.5. The van der Waals surface area contributed by atoms with Crippen molar-refractivity contribution in [1.82, 2.24) is 9.80 Å². The van der Waals surface area contributed by atoms with E-state index in [1.807, 2.05) is 0 Å². The Kier molecular flexibility index (Phi) is 12.9. The lowest BCUT2D eigenvalue weighted by molar-refractivity contribution is -0.0187. The number of rotatable bonds is 16. The van der Waals surface area contributed by atoms with E-state index >= 15 is 0 Å². The monoisotopic (exact) mass is 624 g/mol. The van der Waals surface area contributed by atoms with E-state index < -0.39 is 12.2 Å². The number of likely N-dealkylation sites (tertiary alicyclic amines) is 2. The molecule has 2 fully saturated rings. The van der Waals surface area contributed by atoms with Gasteiger partial charge >= 0.3 is 0 Å². The number of benzene rings is 2. The van der Waals surface area contributed by atoms with Crippen molar-refractivity contribution in [1.29, 1.82) is 10.5 Å². The Bertz CT molecular complexity index is 1110. The molecule has 0 amide bonds. The molecule has 2 aromatic rings. The quantitative estimate of drug-likeness (QED) is 0.260. The Morgan fingerprint density at radius 2 is 1.12 bits per heavy atom. The molecule has 4 rings (SSSR count). The number of β-amino-alcohol motifs (C(OH)–C–C–N with tert-alkyl or cyclic N) is 2. The molecule has 2 aliphatic heterocycles. The van der Waals surface area contributed by atoms with Crippen LogP contribution in [-0.4, -0.2) is 100 Å². The second-order valence-electron chi connectivity index (χ2n) is 11.5. The van der Waals surface area contributed by atoms with Crippen LogP contribution in [0.25, 0.3) is 0 Å². The molecule has 2 saturated heterocycles. The summed E-state index contributed by atoms with van der Waals surface area (Å²) in [5.74, 6) is 4.35. The Hall–Kier alpha value is -2.44. The van der Waals surface area contributed by atoms with E-state index in [9.17, 15) is 10.2 Å². The van der Waals surface area contributed by atoms with Crippen molar-refractivity contribution in [2.24, 2.45) is 11.8 Å². The van der Waals surface area contributed by atoms with Crippen molar-refractivity contribution in [3.63, 3.8) is 0 Å². The van der Waals surface area contributed by atoms with E-state index in [2.05, 4.69) is 59.3 Å². The Balaban J connectivity index is 1.37. The molecule has 2 atom stereocenters. The van der Waals surface area contributed by atoms with E-state index in [4.69, 9.17) is 20.0 Å². The molecule has 2 N–H and O–H groups in total. The van der Waals surface area contributed by atoms with E-state index in [0.717, 1.165) is 50.5 Å². The molecule has 10 heteroatoms. The Labute approximate surface area is 265 Å². The number of aliphatic hydroxyl groups excluding tert-OH is 2. The lowest BCUT2D eigenvalue weighted by atomic mass is 9.82. The summed E-state index contributed by atoms with van der Waals surface area (Å²) in [6.07, 6.45) is 1.05. The average Bonchev–Trinajstić information content (AvgIpc) is 3.01. The van der Waals surface area contributed by atoms with Gasteiger partial charge in [0.1, 0.15) is 36.9 Å². The Morgan fingerprint density at radius 1 is 0.744 bits per heavy atom. The predicted molar refractivity (Wildman–Crippen MR) is 173 cm³/mol. The van der Waals surface area contributed by atoms with Crippen LogP contribution in [0.4, 0.5) is 0 Å². The third-order valence-corrected chi connectivity index (χ3v) is 12.1. The normalized spacial score (nSPS) is 21.3. The molecule has 0 spiro atoms. The maximum absolute atomic E-state index is 10.9. The third kappa shape index (κ3) is 9.28. The van der Waals surface area contributed by atoms with Crippen molar-refractivity contribution in [3.8, 4) is 23.6 Å². The zero-order chi connectivity index (χ0) is 30.7. The molecular weight excluding hydrogens is 581 g/mol. The highest BCUT2D eigenvalue weighted by Gasteiger charge is 2.54. The van der Waals surface area contributed by atoms with Crippen LogP contribution in [0, 0.1) is 34.5 Å². The minimum atomic E-state index is -0.618. The topological polar surface area (TPSA) is 113 Å². The summed E-state index contributed by atoms with van der Waals surface area (Å²) in [7, 11) is 0. The van der Waals surface area contributed by atoms with Gasteiger partial charge in [0.25, 0.3) is 0 Å². The van der Waals surface area contributed by atoms with Crippen molar-refractivity contribution in [2.75, 3.05) is 64.0 Å². The number of hydrogen-bond acceptors (Lipinski definition) is 10. The molecule has 8 nitrogen and oxygen atoms in total. The van der Waals surface area contributed by atoms with E-state index in [-0.39, 0.29) is 17.3 Å². The number of aliphatic hydroxyl groups is 2. The third-order valence-electron chi connectivity index (χ3n) is 7.91. The molecule has 0 saturated carbocycles. The van der Waals surface area contributed by atoms with Crippen LogP contribution in [0.5, 0.6) is 11.5 Å². The van der Waals surface area contributed by atoms with Crippen LogP contribution in [-0.2, 0) is 0 Å². The van der Waals surface area contributed by atoms with Gasteiger partial charge in [-0.05, 0) is 72.9 Å². The molecule has 2 aromatic carbocycles. The van der Waals surface area contributed by atoms with E-state index in [1.165, 1.54) is 0 Å². The summed E-state index contributed by atoms with van der Waals surface area (Å²) in [5, 5.41) is 39.8. The highest BCUT2D eigenvalue weighted by Crippen LogP contribution is 2.55. The number of ether oxygens (including phenoxy) is 2. The van der Waals surface area contributed by atoms with Gasteiger partial charge in [-0.1, -0.05) is 13.8 Å². The fourth-order valence-electron chi connectivity index (χ4n) is 6.03. The standard InChI is InChI=1S/C33H44N4O4S2/c1-3-13-42-33(43-14-4-2)27-17-36(21-29(38)23-40-31-9-5-25(15-34)6-10-31)18-28(33)20-37(19-27)22-30(39)24-41-32-11-7-26(16-35)8-12-32/h5-12,27-30,38-39H,3-4,13-14,17-24H2,1-2H3. The summed E-state index contributed by atoms with van der Waals surface area (Å²) in [4.78, 5) is 4.81. The molecule has 2 bridgehead atoms. The first-order valence-corrected chi connectivity index (χ1v) is 17.2. The van der Waals surface area contributed by atoms with Gasteiger partial charge in [-0.15, -0.1) is 23.5 Å². The molecule has 2 heterocycles. The van der Waals surface area contributed by atoms with Crippen molar-refractivity contribution in [2.45, 2.75) is 43.0 Å². The van der Waals surface area contributed by atoms with Crippen molar-refractivity contribution in [3.05, 3.63) is 59.7 Å². The molecule has 2 unspecified atom stereocenters. The first-order chi connectivity index (χ1) is 20.9. The molecule has 0 aromatic heterocycles. The van der Waals surface area contributed by atoms with Gasteiger partial charge in [0, 0.05) is 51.1 Å². The van der Waals surface area contributed by atoms with Crippen molar-refractivity contribution >= 4 is 23.5 Å². The van der Waals surface area contributed by atoms with E-state index in [0.29, 0.717) is 47.6 Å². The fraction of sp³-hybridized carbons (Fsp3) is 0.576. The highest BCUT2D eigenvalue weighted by atomic mass is 32.2. The smallest absolute Gasteiger partial charge is 0.119 e. The lowest BCUT2D eigenvalue weighted by Crippen LogP contribution is -2.65. The van der Waals surface area contributed by atoms with Gasteiger partial charge in [-0.3, -0.25) is 9.80 Å². The summed E-state index contributed by atoms with van der Waals surface area (Å²) in [6, 6.07) is 18.1. The second kappa shape index (κ2) is 16.6. The van der Waals surface area contributed by atoms with Gasteiger partial charge in [0.15, 0.2) is 0 Å². The van der Waals surface area contributed by atoms with Crippen LogP contribution < -0.4 is 9.47 Å². The minimum Gasteiger partial charge on any atom is -0.491 e. The van der Waals surface area contributed by atoms with E-state index in [1.54, 1.807) is 48.5 Å². The van der Waals surface area contributed by atoms with Crippen LogP contribution in [0.2, 0.25) is 0 Å². The molecule has 43 heavy (non-hydrogen) atoms. The first kappa shape index (κ1) is 33.5. The summed E-state index contributed by atoms with van der Waals surface area (Å²) in [6.45, 7) is 9.59. The SMILES string of the molecule is CCCSC1(SCCC)C2CN(CC(O)COc3ccc(C#N)cc3)CC1CN(CC(O)COc1ccc(C#N)cc1)C2. The summed E-state index contributed by atoms with van der Waals surface area (Å²) >= 11 is 4.26. The molecule has 0 aliphatic carbocycles. The van der Waals surface area contributed by atoms with Crippen LogP contribution in [0.15, 0.2) is 48.5 Å². The number of piperidine rings is 2. The number of nitrogens with zero attached hydrogens (tertiary/aromatic N) is 4. The number of nitriles is 2. The minimum absolute atomic E-state index is 0.132. The van der Waals surface area contributed by atoms with Crippen molar-refractivity contribution < 1.29 is 19.7 Å². The predicted octanol–water partition coefficient (Wildman–Crippen LogP) is 4.46. The molecule has 232 valence electrons. The molecule has 0 radical (unpaired) electrons. The largest absolute Gasteiger partial charge is 0.491 e. The summed E-state index contributed by atoms with van der Waals surface area (Å²) < 4.78 is 11.8. The molecule has 2 aliphatic rings. The number of thioether (sulfide) groups is 2. The van der Waals surface area contributed by atoms with Gasteiger partial charge in [0.2, 0.25) is 0 Å². The highest BCUT2D eigenvalue weighted by molar-refractivity contribution is 8.18. The van der Waals surface area contributed by atoms with Crippen LogP contribution >= 0.6 is 23.5 Å². The zero-order valence-electron chi connectivity index (χ0n) is 25.2. The maximum Gasteiger partial charge on any atom is 0.119 e. The maximum atomic E-state index is 10.9. The first-order valence-electron chi connectivity index (χ1n) is 15.2. The number of hydrogen-bond donors (Lipinski definition) is 2. The van der Waals surface area contributed by atoms with Gasteiger partial charge in [-0.2, -0.15) is 10.5 Å². The van der Waals surface area contributed by atoms with Gasteiger partial charge in [0.05, 0.1) is 27.3 Å². The molecular formula is C33H44N4O4S2. The van der Waals surface area contributed by atoms with Crippen LogP contribution in [0.1, 0.15) is 37.8 Å². The number of fused-ring (bicyclic) bond motifs is 2. The fourth-order valence-corrected chi connectivity index (χ4v) is 9.44. The zero-order valence-corrected chi connectivity index (χ0v) is 26.9. The average molecular weight is 625 g/mol. The summed E-state index contributed by atoms with van der Waals surface area (Å²) in [5.41, 5.74) is 1.16. The van der Waals surface area contributed by atoms with Crippen LogP contribution in [0.3, 0.4) is 0 Å². The Morgan fingerprint density at radius 3 is 1.44 bits per heavy atom.